The topological polar surface area (TPSA) is 152 Å². The van der Waals surface area contributed by atoms with Gasteiger partial charge in [0.1, 0.15) is 29.2 Å². The molecule has 0 bridgehead atoms. The number of amides is 4. The number of fused-ring (bicyclic) bond motifs is 2. The van der Waals surface area contributed by atoms with Crippen LogP contribution in [0.5, 0.6) is 5.75 Å². The average Bonchev–Trinajstić information content (AvgIpc) is 3.76. The highest BCUT2D eigenvalue weighted by atomic mass is 32.1. The van der Waals surface area contributed by atoms with E-state index in [1.807, 2.05) is 14.1 Å². The Bertz CT molecular complexity index is 2350. The van der Waals surface area contributed by atoms with Crippen molar-refractivity contribution in [3.05, 3.63) is 89.6 Å². The zero-order chi connectivity index (χ0) is 41.0. The second-order valence-corrected chi connectivity index (χ2v) is 14.9. The van der Waals surface area contributed by atoms with E-state index in [0.717, 1.165) is 23.0 Å². The summed E-state index contributed by atoms with van der Waals surface area (Å²) in [6.07, 6.45) is -2.52. The van der Waals surface area contributed by atoms with Crippen LogP contribution in [0.3, 0.4) is 0 Å². The highest BCUT2D eigenvalue weighted by Gasteiger charge is 2.39. The molecule has 0 spiro atoms. The van der Waals surface area contributed by atoms with Gasteiger partial charge in [0.2, 0.25) is 17.7 Å². The molecule has 302 valence electrons. The van der Waals surface area contributed by atoms with Crippen LogP contribution in [0.4, 0.5) is 24.7 Å². The highest BCUT2D eigenvalue weighted by molar-refractivity contribution is 7.21. The lowest BCUT2D eigenvalue weighted by molar-refractivity contribution is -0.138. The van der Waals surface area contributed by atoms with Gasteiger partial charge in [0.15, 0.2) is 0 Å². The fourth-order valence-corrected chi connectivity index (χ4v) is 7.70. The van der Waals surface area contributed by atoms with E-state index in [-0.39, 0.29) is 80.7 Å². The predicted molar refractivity (Wildman–Crippen MR) is 210 cm³/mol. The van der Waals surface area contributed by atoms with Crippen LogP contribution in [0.2, 0.25) is 0 Å². The number of hydrogen-bond donors (Lipinski definition) is 2. The number of imide groups is 1. The third kappa shape index (κ3) is 9.27. The van der Waals surface area contributed by atoms with Crippen molar-refractivity contribution in [1.29, 1.82) is 0 Å². The molecule has 0 aliphatic carbocycles. The van der Waals surface area contributed by atoms with Crippen molar-refractivity contribution in [3.8, 4) is 27.4 Å². The van der Waals surface area contributed by atoms with Crippen LogP contribution in [0.15, 0.2) is 72.9 Å². The first-order valence-electron chi connectivity index (χ1n) is 18.5. The molecule has 2 aromatic heterocycles. The van der Waals surface area contributed by atoms with Gasteiger partial charge in [0.25, 0.3) is 5.91 Å². The number of ether oxygens (including phenoxy) is 3. The van der Waals surface area contributed by atoms with E-state index in [0.29, 0.717) is 50.6 Å². The van der Waals surface area contributed by atoms with Crippen LogP contribution in [0.25, 0.3) is 31.9 Å². The number of alkyl halides is 3. The monoisotopic (exact) mass is 816 g/mol. The van der Waals surface area contributed by atoms with Crippen molar-refractivity contribution in [2.45, 2.75) is 38.0 Å². The van der Waals surface area contributed by atoms with Crippen molar-refractivity contribution < 1.29 is 46.6 Å². The Morgan fingerprint density at radius 2 is 1.69 bits per heavy atom. The first kappa shape index (κ1) is 40.3. The highest BCUT2D eigenvalue weighted by Crippen LogP contribution is 2.42. The lowest BCUT2D eigenvalue weighted by Crippen LogP contribution is -2.52. The fraction of sp³-hybridized carbons (Fsp3) is 0.317. The molecule has 13 nitrogen and oxygen atoms in total. The van der Waals surface area contributed by atoms with Gasteiger partial charge in [-0.15, -0.1) is 11.3 Å². The summed E-state index contributed by atoms with van der Waals surface area (Å²) >= 11 is 1.11. The SMILES string of the molecule is CN(C)c1ccc(-c2ccc(-c3nc4ccc(NC(=O)CCOCCOCCOc5ccc6c(c5)CN(C5CCC(=O)NC5=O)C6=O)cc4s3)c(C(F)(F)F)c2)cn1. The summed E-state index contributed by atoms with van der Waals surface area (Å²) in [6, 6.07) is 17.1. The Balaban J connectivity index is 0.830. The molecule has 1 saturated heterocycles. The van der Waals surface area contributed by atoms with Gasteiger partial charge in [-0.25, -0.2) is 9.97 Å². The standard InChI is InChI=1S/C41H39F3N6O7S/c1-49(2)35-11-4-25(22-45-35)24-3-7-30(31(20-24)41(42,43)44)39-47-32-9-5-27(21-34(32)58-39)46-37(52)13-14-55-15-16-56-17-18-57-28-6-8-29-26(19-28)23-50(40(29)54)33-10-12-36(51)48-38(33)53/h3-9,11,19-22,33H,10,12-18,23H2,1-2H3,(H,46,52)(H,48,51,53). The molecule has 5 aromatic rings. The minimum atomic E-state index is -4.62. The van der Waals surface area contributed by atoms with E-state index >= 15 is 0 Å². The summed E-state index contributed by atoms with van der Waals surface area (Å²) in [5.41, 5.74) is 2.35. The van der Waals surface area contributed by atoms with Crippen LogP contribution in [0.1, 0.15) is 40.7 Å². The summed E-state index contributed by atoms with van der Waals surface area (Å²) in [4.78, 5) is 61.3. The lowest BCUT2D eigenvalue weighted by atomic mass is 10.00. The van der Waals surface area contributed by atoms with Gasteiger partial charge in [-0.3, -0.25) is 24.5 Å². The predicted octanol–water partition coefficient (Wildman–Crippen LogP) is 6.31. The van der Waals surface area contributed by atoms with Crippen molar-refractivity contribution in [2.75, 3.05) is 57.3 Å². The Morgan fingerprint density at radius 1 is 0.931 bits per heavy atom. The number of nitrogens with one attached hydrogen (secondary N) is 2. The molecule has 2 N–H and O–H groups in total. The maximum Gasteiger partial charge on any atom is 0.417 e. The first-order chi connectivity index (χ1) is 27.8. The number of anilines is 2. The molecule has 1 atom stereocenters. The van der Waals surface area contributed by atoms with Crippen molar-refractivity contribution in [1.82, 2.24) is 20.2 Å². The Labute approximate surface area is 335 Å². The molecule has 3 aromatic carbocycles. The molecule has 58 heavy (non-hydrogen) atoms. The van der Waals surface area contributed by atoms with Crippen LogP contribution >= 0.6 is 11.3 Å². The van der Waals surface area contributed by atoms with Gasteiger partial charge < -0.3 is 29.3 Å². The number of rotatable bonds is 15. The van der Waals surface area contributed by atoms with Crippen LogP contribution in [0, 0.1) is 0 Å². The van der Waals surface area contributed by atoms with Gasteiger partial charge in [0.05, 0.1) is 48.6 Å². The number of benzene rings is 3. The Morgan fingerprint density at radius 3 is 2.43 bits per heavy atom. The lowest BCUT2D eigenvalue weighted by Gasteiger charge is -2.29. The van der Waals surface area contributed by atoms with Crippen LogP contribution in [-0.4, -0.2) is 91.7 Å². The number of nitrogens with zero attached hydrogens (tertiary/aromatic N) is 4. The smallest absolute Gasteiger partial charge is 0.417 e. The second kappa shape index (κ2) is 17.3. The summed E-state index contributed by atoms with van der Waals surface area (Å²) in [6.45, 7) is 1.45. The molecule has 4 heterocycles. The molecule has 4 amide bonds. The summed E-state index contributed by atoms with van der Waals surface area (Å²) in [5.74, 6) is -0.100. The molecule has 17 heteroatoms. The maximum atomic E-state index is 14.3. The van der Waals surface area contributed by atoms with Crippen molar-refractivity contribution in [2.24, 2.45) is 0 Å². The number of hydrogen-bond acceptors (Lipinski definition) is 11. The maximum absolute atomic E-state index is 14.3. The van der Waals surface area contributed by atoms with E-state index in [1.165, 1.54) is 11.0 Å². The molecular formula is C41H39F3N6O7S. The fourth-order valence-electron chi connectivity index (χ4n) is 6.65. The molecule has 0 saturated carbocycles. The number of thiazole rings is 1. The molecular weight excluding hydrogens is 778 g/mol. The number of aromatic nitrogens is 2. The Hall–Kier alpha value is -5.91. The van der Waals surface area contributed by atoms with Gasteiger partial charge in [0, 0.05) is 55.6 Å². The van der Waals surface area contributed by atoms with Crippen LogP contribution in [-0.2, 0) is 36.6 Å². The van der Waals surface area contributed by atoms with Crippen molar-refractivity contribution >= 4 is 56.7 Å². The number of carbonyl (C=O) groups excluding carboxylic acids is 4. The van der Waals surface area contributed by atoms with Crippen LogP contribution < -0.4 is 20.3 Å². The Kier molecular flexibility index (Phi) is 12.0. The molecule has 2 aliphatic rings. The number of piperidine rings is 1. The number of halogens is 3. The van der Waals surface area contributed by atoms with Gasteiger partial charge >= 0.3 is 6.18 Å². The summed E-state index contributed by atoms with van der Waals surface area (Å²) in [7, 11) is 3.66. The van der Waals surface area contributed by atoms with Gasteiger partial charge in [-0.1, -0.05) is 12.1 Å². The normalized spacial score (nSPS) is 15.4. The second-order valence-electron chi connectivity index (χ2n) is 13.8. The number of carbonyl (C=O) groups is 4. The zero-order valence-electron chi connectivity index (χ0n) is 31.6. The number of pyridine rings is 1. The van der Waals surface area contributed by atoms with E-state index in [4.69, 9.17) is 14.2 Å². The molecule has 1 unspecified atom stereocenters. The summed E-state index contributed by atoms with van der Waals surface area (Å²) < 4.78 is 60.4. The van der Waals surface area contributed by atoms with E-state index in [2.05, 4.69) is 20.6 Å². The zero-order valence-corrected chi connectivity index (χ0v) is 32.4. The minimum absolute atomic E-state index is 0.0334. The largest absolute Gasteiger partial charge is 0.491 e. The third-order valence-corrected chi connectivity index (χ3v) is 10.7. The van der Waals surface area contributed by atoms with E-state index < -0.39 is 23.7 Å². The molecule has 2 aliphatic heterocycles. The van der Waals surface area contributed by atoms with E-state index in [1.54, 1.807) is 65.7 Å². The minimum Gasteiger partial charge on any atom is -0.491 e. The quantitative estimate of drug-likeness (QED) is 0.0909. The van der Waals surface area contributed by atoms with E-state index in [9.17, 15) is 32.3 Å². The summed E-state index contributed by atoms with van der Waals surface area (Å²) in [5, 5.41) is 5.30. The molecule has 0 radical (unpaired) electrons. The first-order valence-corrected chi connectivity index (χ1v) is 19.3. The van der Waals surface area contributed by atoms with Gasteiger partial charge in [-0.05, 0) is 72.1 Å². The molecule has 7 rings (SSSR count). The molecule has 1 fully saturated rings. The van der Waals surface area contributed by atoms with Crippen molar-refractivity contribution in [3.63, 3.8) is 0 Å². The van der Waals surface area contributed by atoms with Gasteiger partial charge in [-0.2, -0.15) is 13.2 Å². The average molecular weight is 817 g/mol. The third-order valence-electron chi connectivity index (χ3n) is 9.60.